The molecule has 0 fully saturated rings. The third kappa shape index (κ3) is 2.88. The largest absolute Gasteiger partial charge is 0.462 e. The highest BCUT2D eigenvalue weighted by Gasteiger charge is 2.15. The Morgan fingerprint density at radius 2 is 2.16 bits per heavy atom. The predicted octanol–water partition coefficient (Wildman–Crippen LogP) is 2.05. The van der Waals surface area contributed by atoms with Crippen LogP contribution in [0.2, 0.25) is 5.02 Å². The van der Waals surface area contributed by atoms with Gasteiger partial charge in [-0.3, -0.25) is 4.79 Å². The van der Waals surface area contributed by atoms with Crippen LogP contribution in [0.1, 0.15) is 22.8 Å². The Bertz CT molecular complexity index is 645. The molecule has 1 aromatic carbocycles. The molecule has 0 spiro atoms. The van der Waals surface area contributed by atoms with Crippen LogP contribution >= 0.6 is 11.6 Å². The summed E-state index contributed by atoms with van der Waals surface area (Å²) in [4.78, 5) is 23.5. The number of carbonyl (C=O) groups excluding carboxylic acids is 1. The number of aromatic nitrogens is 2. The van der Waals surface area contributed by atoms with Gasteiger partial charge >= 0.3 is 5.97 Å². The average molecular weight is 281 g/mol. The highest BCUT2D eigenvalue weighted by molar-refractivity contribution is 6.31. The maximum absolute atomic E-state index is 12.0. The van der Waals surface area contributed by atoms with E-state index in [0.717, 1.165) is 5.56 Å². The van der Waals surface area contributed by atoms with Crippen molar-refractivity contribution in [1.82, 2.24) is 9.78 Å². The van der Waals surface area contributed by atoms with Crippen molar-refractivity contribution >= 4 is 17.6 Å². The van der Waals surface area contributed by atoms with Crippen molar-refractivity contribution in [1.29, 1.82) is 0 Å². The number of hydrogen-bond acceptors (Lipinski definition) is 3. The molecule has 0 aliphatic carbocycles. The van der Waals surface area contributed by atoms with Crippen LogP contribution in [0.4, 0.5) is 0 Å². The van der Waals surface area contributed by atoms with Crippen molar-refractivity contribution in [3.05, 3.63) is 57.0 Å². The van der Waals surface area contributed by atoms with Gasteiger partial charge in [0.2, 0.25) is 0 Å². The topological polar surface area (TPSA) is 64.1 Å². The van der Waals surface area contributed by atoms with Gasteiger partial charge < -0.3 is 9.84 Å². The molecule has 0 unspecified atom stereocenters. The summed E-state index contributed by atoms with van der Waals surface area (Å²) in [5.41, 5.74) is 0.371. The molecule has 0 saturated carbocycles. The first-order valence-electron chi connectivity index (χ1n) is 5.82. The maximum Gasteiger partial charge on any atom is 0.345 e. The summed E-state index contributed by atoms with van der Waals surface area (Å²) in [6, 6.07) is 7.21. The monoisotopic (exact) mass is 280 g/mol. The number of hydrogen-bond donors (Lipinski definition) is 1. The van der Waals surface area contributed by atoms with Gasteiger partial charge in [-0.25, -0.2) is 9.48 Å². The van der Waals surface area contributed by atoms with Crippen molar-refractivity contribution in [3.8, 4) is 0 Å². The van der Waals surface area contributed by atoms with Gasteiger partial charge in [-0.05, 0) is 18.6 Å². The number of nitrogens with zero attached hydrogens (tertiary/aromatic N) is 1. The molecule has 100 valence electrons. The third-order valence-corrected chi connectivity index (χ3v) is 2.99. The van der Waals surface area contributed by atoms with E-state index in [9.17, 15) is 9.59 Å². The summed E-state index contributed by atoms with van der Waals surface area (Å²) in [7, 11) is 0. The lowest BCUT2D eigenvalue weighted by molar-refractivity contribution is 0.0524. The quantitative estimate of drug-likeness (QED) is 0.872. The Balaban J connectivity index is 2.26. The molecule has 2 rings (SSSR count). The highest BCUT2D eigenvalue weighted by atomic mass is 35.5. The molecule has 0 aliphatic rings. The molecule has 5 nitrogen and oxygen atoms in total. The molecule has 0 bridgehead atoms. The molecule has 0 aliphatic heterocycles. The SMILES string of the molecule is CCOC(=O)c1c[nH]n(Cc2ccccc2Cl)c1=O. The van der Waals surface area contributed by atoms with Crippen molar-refractivity contribution in [2.45, 2.75) is 13.5 Å². The standard InChI is InChI=1S/C13H13ClN2O3/c1-2-19-13(18)10-7-15-16(12(10)17)8-9-5-3-4-6-11(9)14/h3-7,15H,2,8H2,1H3. The zero-order valence-corrected chi connectivity index (χ0v) is 11.1. The fraction of sp³-hybridized carbons (Fsp3) is 0.231. The van der Waals surface area contributed by atoms with Gasteiger partial charge in [0.05, 0.1) is 13.2 Å². The third-order valence-electron chi connectivity index (χ3n) is 2.62. The lowest BCUT2D eigenvalue weighted by Gasteiger charge is -2.03. The van der Waals surface area contributed by atoms with Crippen LogP contribution < -0.4 is 5.56 Å². The molecule has 2 aromatic rings. The van der Waals surface area contributed by atoms with Gasteiger partial charge in [-0.15, -0.1) is 0 Å². The number of ether oxygens (including phenoxy) is 1. The second-order valence-electron chi connectivity index (χ2n) is 3.89. The fourth-order valence-electron chi connectivity index (χ4n) is 1.68. The Kier molecular flexibility index (Phi) is 4.06. The Morgan fingerprint density at radius 3 is 2.84 bits per heavy atom. The molecule has 1 heterocycles. The van der Waals surface area contributed by atoms with Crippen LogP contribution in [0, 0.1) is 0 Å². The van der Waals surface area contributed by atoms with E-state index in [0.29, 0.717) is 5.02 Å². The normalized spacial score (nSPS) is 10.4. The number of rotatable bonds is 4. The van der Waals surface area contributed by atoms with Crippen LogP contribution in [0.3, 0.4) is 0 Å². The number of halogens is 1. The minimum absolute atomic E-state index is 0.00564. The van der Waals surface area contributed by atoms with E-state index in [2.05, 4.69) is 5.10 Å². The summed E-state index contributed by atoms with van der Waals surface area (Å²) >= 11 is 6.02. The first-order valence-corrected chi connectivity index (χ1v) is 6.20. The van der Waals surface area contributed by atoms with E-state index in [1.54, 1.807) is 13.0 Å². The van der Waals surface area contributed by atoms with Crippen LogP contribution in [-0.2, 0) is 11.3 Å². The number of benzene rings is 1. The van der Waals surface area contributed by atoms with Gasteiger partial charge in [-0.1, -0.05) is 29.8 Å². The second kappa shape index (κ2) is 5.75. The van der Waals surface area contributed by atoms with Crippen LogP contribution in [-0.4, -0.2) is 22.4 Å². The molecule has 1 N–H and O–H groups in total. The predicted molar refractivity (Wildman–Crippen MR) is 71.6 cm³/mol. The average Bonchev–Trinajstić information content (AvgIpc) is 2.74. The number of esters is 1. The molecule has 0 amide bonds. The van der Waals surface area contributed by atoms with E-state index in [-0.39, 0.29) is 18.7 Å². The van der Waals surface area contributed by atoms with Crippen LogP contribution in [0.5, 0.6) is 0 Å². The van der Waals surface area contributed by atoms with E-state index in [1.165, 1.54) is 10.9 Å². The van der Waals surface area contributed by atoms with Crippen LogP contribution in [0.25, 0.3) is 0 Å². The van der Waals surface area contributed by atoms with E-state index < -0.39 is 11.5 Å². The van der Waals surface area contributed by atoms with Gasteiger partial charge in [-0.2, -0.15) is 0 Å². The molecular weight excluding hydrogens is 268 g/mol. The maximum atomic E-state index is 12.0. The van der Waals surface area contributed by atoms with Crippen molar-refractivity contribution in [2.75, 3.05) is 6.61 Å². The Morgan fingerprint density at radius 1 is 1.42 bits per heavy atom. The molecule has 0 radical (unpaired) electrons. The summed E-state index contributed by atoms with van der Waals surface area (Å²) in [5, 5.41) is 3.30. The molecule has 19 heavy (non-hydrogen) atoms. The van der Waals surface area contributed by atoms with E-state index >= 15 is 0 Å². The van der Waals surface area contributed by atoms with Gasteiger partial charge in [0.15, 0.2) is 0 Å². The Labute approximate surface area is 114 Å². The molecule has 1 aromatic heterocycles. The van der Waals surface area contributed by atoms with Crippen LogP contribution in [0.15, 0.2) is 35.3 Å². The minimum atomic E-state index is -0.623. The number of nitrogens with one attached hydrogen (secondary N) is 1. The van der Waals surface area contributed by atoms with Gasteiger partial charge in [0.25, 0.3) is 5.56 Å². The fourth-order valence-corrected chi connectivity index (χ4v) is 1.87. The first kappa shape index (κ1) is 13.4. The summed E-state index contributed by atoms with van der Waals surface area (Å²) in [6.45, 7) is 2.19. The summed E-state index contributed by atoms with van der Waals surface area (Å²) in [6.07, 6.45) is 1.34. The number of aromatic amines is 1. The lowest BCUT2D eigenvalue weighted by Crippen LogP contribution is -2.23. The summed E-state index contributed by atoms with van der Waals surface area (Å²) in [5.74, 6) is -0.623. The smallest absolute Gasteiger partial charge is 0.345 e. The molecule has 0 atom stereocenters. The summed E-state index contributed by atoms with van der Waals surface area (Å²) < 4.78 is 6.11. The number of H-pyrrole nitrogens is 1. The minimum Gasteiger partial charge on any atom is -0.462 e. The molecular formula is C13H13ClN2O3. The zero-order valence-electron chi connectivity index (χ0n) is 10.4. The second-order valence-corrected chi connectivity index (χ2v) is 4.30. The van der Waals surface area contributed by atoms with E-state index in [1.807, 2.05) is 18.2 Å². The number of carbonyl (C=O) groups is 1. The van der Waals surface area contributed by atoms with Crippen molar-refractivity contribution in [2.24, 2.45) is 0 Å². The van der Waals surface area contributed by atoms with Gasteiger partial charge in [0.1, 0.15) is 5.56 Å². The van der Waals surface area contributed by atoms with E-state index in [4.69, 9.17) is 16.3 Å². The highest BCUT2D eigenvalue weighted by Crippen LogP contribution is 2.15. The molecule has 6 heteroatoms. The van der Waals surface area contributed by atoms with Crippen molar-refractivity contribution in [3.63, 3.8) is 0 Å². The first-order chi connectivity index (χ1) is 9.13. The zero-order chi connectivity index (χ0) is 13.8. The van der Waals surface area contributed by atoms with Gasteiger partial charge in [0, 0.05) is 11.2 Å². The lowest BCUT2D eigenvalue weighted by atomic mass is 10.2. The Hall–Kier alpha value is -2.01. The van der Waals surface area contributed by atoms with Crippen molar-refractivity contribution < 1.29 is 9.53 Å². The molecule has 0 saturated heterocycles.